The highest BCUT2D eigenvalue weighted by atomic mass is 19.2. The number of rotatable bonds is 5. The van der Waals surface area contributed by atoms with Crippen LogP contribution in [0, 0.1) is 17.5 Å². The second kappa shape index (κ2) is 6.98. The largest absolute Gasteiger partial charge is 0.481 e. The number of ether oxygens (including phenoxy) is 1. The zero-order valence-corrected chi connectivity index (χ0v) is 11.8. The molecule has 0 bridgehead atoms. The minimum Gasteiger partial charge on any atom is -0.481 e. The number of nitrogens with one attached hydrogen (secondary N) is 1. The SMILES string of the molecule is C[C@H](Oc1ccc(F)c(F)c1)C(=O)NCc1ccc(F)cc1. The predicted octanol–water partition coefficient (Wildman–Crippen LogP) is 3.19. The average Bonchev–Trinajstić information content (AvgIpc) is 2.50. The monoisotopic (exact) mass is 309 g/mol. The van der Waals surface area contributed by atoms with Crippen LogP contribution in [0.5, 0.6) is 5.75 Å². The third-order valence-electron chi connectivity index (χ3n) is 2.95. The Morgan fingerprint density at radius 2 is 1.77 bits per heavy atom. The Morgan fingerprint density at radius 1 is 1.09 bits per heavy atom. The lowest BCUT2D eigenvalue weighted by Gasteiger charge is -2.15. The molecule has 1 amide bonds. The van der Waals surface area contributed by atoms with Crippen molar-refractivity contribution in [2.75, 3.05) is 0 Å². The van der Waals surface area contributed by atoms with Gasteiger partial charge in [-0.3, -0.25) is 4.79 Å². The molecule has 6 heteroatoms. The molecule has 0 aromatic heterocycles. The average molecular weight is 309 g/mol. The Morgan fingerprint density at radius 3 is 2.41 bits per heavy atom. The molecule has 0 fully saturated rings. The van der Waals surface area contributed by atoms with Crippen LogP contribution < -0.4 is 10.1 Å². The van der Waals surface area contributed by atoms with Crippen LogP contribution >= 0.6 is 0 Å². The fourth-order valence-corrected chi connectivity index (χ4v) is 1.74. The smallest absolute Gasteiger partial charge is 0.261 e. The number of benzene rings is 2. The highest BCUT2D eigenvalue weighted by molar-refractivity contribution is 5.80. The van der Waals surface area contributed by atoms with Gasteiger partial charge in [-0.1, -0.05) is 12.1 Å². The molecule has 2 aromatic rings. The molecule has 0 radical (unpaired) electrons. The number of halogens is 3. The molecule has 1 atom stereocenters. The Balaban J connectivity index is 1.88. The van der Waals surface area contributed by atoms with Crippen LogP contribution in [-0.2, 0) is 11.3 Å². The van der Waals surface area contributed by atoms with Gasteiger partial charge in [0.2, 0.25) is 0 Å². The molecule has 0 aliphatic rings. The molecule has 0 heterocycles. The molecule has 0 saturated carbocycles. The molecule has 0 aliphatic carbocycles. The number of hydrogen-bond donors (Lipinski definition) is 1. The van der Waals surface area contributed by atoms with Crippen LogP contribution in [0.15, 0.2) is 42.5 Å². The molecular weight excluding hydrogens is 295 g/mol. The van der Waals surface area contributed by atoms with Crippen molar-refractivity contribution in [2.24, 2.45) is 0 Å². The number of carbonyl (C=O) groups is 1. The summed E-state index contributed by atoms with van der Waals surface area (Å²) in [6.45, 7) is 1.70. The molecular formula is C16H14F3NO2. The van der Waals surface area contributed by atoms with Gasteiger partial charge < -0.3 is 10.1 Å². The number of hydrogen-bond acceptors (Lipinski definition) is 2. The second-order valence-corrected chi connectivity index (χ2v) is 4.68. The predicted molar refractivity (Wildman–Crippen MR) is 74.7 cm³/mol. The van der Waals surface area contributed by atoms with Crippen molar-refractivity contribution in [1.82, 2.24) is 5.32 Å². The van der Waals surface area contributed by atoms with E-state index in [1.54, 1.807) is 12.1 Å². The molecule has 0 spiro atoms. The second-order valence-electron chi connectivity index (χ2n) is 4.68. The van der Waals surface area contributed by atoms with Crippen LogP contribution in [0.2, 0.25) is 0 Å². The van der Waals surface area contributed by atoms with Gasteiger partial charge in [-0.15, -0.1) is 0 Å². The van der Waals surface area contributed by atoms with Gasteiger partial charge in [0, 0.05) is 12.6 Å². The molecule has 0 aliphatic heterocycles. The van der Waals surface area contributed by atoms with Crippen molar-refractivity contribution in [3.63, 3.8) is 0 Å². The fraction of sp³-hybridized carbons (Fsp3) is 0.188. The summed E-state index contributed by atoms with van der Waals surface area (Å²) in [5, 5.41) is 2.61. The van der Waals surface area contributed by atoms with Crippen molar-refractivity contribution in [3.8, 4) is 5.75 Å². The Hall–Kier alpha value is -2.50. The summed E-state index contributed by atoms with van der Waals surface area (Å²) >= 11 is 0. The minimum atomic E-state index is -1.04. The maximum absolute atomic E-state index is 13.0. The Kier molecular flexibility index (Phi) is 5.04. The van der Waals surface area contributed by atoms with Crippen molar-refractivity contribution in [2.45, 2.75) is 19.6 Å². The summed E-state index contributed by atoms with van der Waals surface area (Å²) in [5.41, 5.74) is 0.731. The van der Waals surface area contributed by atoms with E-state index in [2.05, 4.69) is 5.32 Å². The lowest BCUT2D eigenvalue weighted by atomic mass is 10.2. The van der Waals surface area contributed by atoms with E-state index in [-0.39, 0.29) is 18.1 Å². The lowest BCUT2D eigenvalue weighted by molar-refractivity contribution is -0.127. The third-order valence-corrected chi connectivity index (χ3v) is 2.95. The van der Waals surface area contributed by atoms with Crippen molar-refractivity contribution in [1.29, 1.82) is 0 Å². The molecule has 22 heavy (non-hydrogen) atoms. The van der Waals surface area contributed by atoms with Crippen LogP contribution in [0.25, 0.3) is 0 Å². The molecule has 2 aromatic carbocycles. The molecule has 0 unspecified atom stereocenters. The molecule has 0 saturated heterocycles. The van der Waals surface area contributed by atoms with Gasteiger partial charge in [0.05, 0.1) is 0 Å². The quantitative estimate of drug-likeness (QED) is 0.921. The van der Waals surface area contributed by atoms with Gasteiger partial charge in [0.1, 0.15) is 11.6 Å². The van der Waals surface area contributed by atoms with E-state index in [0.29, 0.717) is 0 Å². The van der Waals surface area contributed by atoms with Gasteiger partial charge in [-0.2, -0.15) is 0 Å². The molecule has 2 rings (SSSR count). The van der Waals surface area contributed by atoms with E-state index >= 15 is 0 Å². The standard InChI is InChI=1S/C16H14F3NO2/c1-10(22-13-6-7-14(18)15(19)8-13)16(21)20-9-11-2-4-12(17)5-3-11/h2-8,10H,9H2,1H3,(H,20,21)/t10-/m0/s1. The van der Waals surface area contributed by atoms with Crippen molar-refractivity contribution >= 4 is 5.91 Å². The van der Waals surface area contributed by atoms with Gasteiger partial charge in [-0.05, 0) is 36.8 Å². The normalized spacial score (nSPS) is 11.8. The lowest BCUT2D eigenvalue weighted by Crippen LogP contribution is -2.35. The maximum atomic E-state index is 13.0. The maximum Gasteiger partial charge on any atom is 0.261 e. The fourth-order valence-electron chi connectivity index (χ4n) is 1.74. The van der Waals surface area contributed by atoms with Gasteiger partial charge in [-0.25, -0.2) is 13.2 Å². The van der Waals surface area contributed by atoms with Gasteiger partial charge >= 0.3 is 0 Å². The summed E-state index contributed by atoms with van der Waals surface area (Å²) in [5.74, 6) is -2.75. The van der Waals surface area contributed by atoms with Crippen molar-refractivity contribution in [3.05, 3.63) is 65.5 Å². The van der Waals surface area contributed by atoms with E-state index < -0.39 is 23.6 Å². The molecule has 3 nitrogen and oxygen atoms in total. The zero-order valence-electron chi connectivity index (χ0n) is 11.8. The third kappa shape index (κ3) is 4.25. The first-order valence-electron chi connectivity index (χ1n) is 6.59. The Bertz CT molecular complexity index is 659. The van der Waals surface area contributed by atoms with Crippen LogP contribution in [0.1, 0.15) is 12.5 Å². The summed E-state index contributed by atoms with van der Waals surface area (Å²) in [6.07, 6.45) is -0.884. The highest BCUT2D eigenvalue weighted by Crippen LogP contribution is 2.16. The van der Waals surface area contributed by atoms with E-state index in [0.717, 1.165) is 17.7 Å². The summed E-state index contributed by atoms with van der Waals surface area (Å²) < 4.78 is 43.8. The first kappa shape index (κ1) is 15.9. The topological polar surface area (TPSA) is 38.3 Å². The van der Waals surface area contributed by atoms with Crippen LogP contribution in [0.4, 0.5) is 13.2 Å². The van der Waals surface area contributed by atoms with E-state index in [1.165, 1.54) is 25.1 Å². The first-order valence-corrected chi connectivity index (χ1v) is 6.59. The van der Waals surface area contributed by atoms with E-state index in [4.69, 9.17) is 4.74 Å². The molecule has 1 N–H and O–H groups in total. The minimum absolute atomic E-state index is 0.0586. The van der Waals surface area contributed by atoms with Crippen molar-refractivity contribution < 1.29 is 22.7 Å². The number of amides is 1. The Labute approximate surface area is 125 Å². The van der Waals surface area contributed by atoms with E-state index in [9.17, 15) is 18.0 Å². The van der Waals surface area contributed by atoms with E-state index in [1.807, 2.05) is 0 Å². The number of carbonyl (C=O) groups excluding carboxylic acids is 1. The van der Waals surface area contributed by atoms with Gasteiger partial charge in [0.25, 0.3) is 5.91 Å². The zero-order chi connectivity index (χ0) is 16.1. The summed E-state index contributed by atoms with van der Waals surface area (Å²) in [4.78, 5) is 11.9. The summed E-state index contributed by atoms with van der Waals surface area (Å²) in [6, 6.07) is 8.73. The van der Waals surface area contributed by atoms with Gasteiger partial charge in [0.15, 0.2) is 17.7 Å². The highest BCUT2D eigenvalue weighted by Gasteiger charge is 2.15. The summed E-state index contributed by atoms with van der Waals surface area (Å²) in [7, 11) is 0. The molecule has 116 valence electrons. The van der Waals surface area contributed by atoms with Crippen LogP contribution in [-0.4, -0.2) is 12.0 Å². The van der Waals surface area contributed by atoms with Crippen LogP contribution in [0.3, 0.4) is 0 Å². The first-order chi connectivity index (χ1) is 10.5.